The van der Waals surface area contributed by atoms with Crippen molar-refractivity contribution in [2.24, 2.45) is 4.99 Å². The van der Waals surface area contributed by atoms with Crippen LogP contribution in [0, 0.1) is 3.57 Å². The van der Waals surface area contributed by atoms with Crippen LogP contribution in [0.5, 0.6) is 0 Å². The zero-order chi connectivity index (χ0) is 22.0. The summed E-state index contributed by atoms with van der Waals surface area (Å²) in [5, 5.41) is 4.57. The molecule has 0 saturated heterocycles. The predicted octanol–water partition coefficient (Wildman–Crippen LogP) is 6.29. The van der Waals surface area contributed by atoms with E-state index < -0.39 is 0 Å². The van der Waals surface area contributed by atoms with Crippen molar-refractivity contribution >= 4 is 63.2 Å². The fourth-order valence-corrected chi connectivity index (χ4v) is 4.44. The number of carbonyl (C=O) groups excluding carboxylic acids is 1. The van der Waals surface area contributed by atoms with Crippen LogP contribution in [-0.4, -0.2) is 30.2 Å². The van der Waals surface area contributed by atoms with Crippen molar-refractivity contribution in [2.45, 2.75) is 12.5 Å². The van der Waals surface area contributed by atoms with E-state index in [-0.39, 0.29) is 11.9 Å². The average Bonchev–Trinajstić information content (AvgIpc) is 2.88. The van der Waals surface area contributed by atoms with Crippen LogP contribution in [-0.2, 0) is 6.42 Å². The maximum Gasteiger partial charge on any atom is 0.256 e. The molecule has 0 fully saturated rings. The summed E-state index contributed by atoms with van der Waals surface area (Å²) in [7, 11) is 1.83. The molecule has 3 aromatic carbocycles. The summed E-state index contributed by atoms with van der Waals surface area (Å²) in [5.41, 5.74) is 3.33. The molecule has 0 aromatic heterocycles. The fraction of sp³-hybridized carbons (Fsp3) is 0.167. The van der Waals surface area contributed by atoms with Crippen LogP contribution >= 0.6 is 45.8 Å². The Kier molecular flexibility index (Phi) is 6.84. The Labute approximate surface area is 205 Å². The van der Waals surface area contributed by atoms with Crippen molar-refractivity contribution in [3.63, 3.8) is 0 Å². The monoisotopic (exact) mass is 563 g/mol. The molecular weight excluding hydrogens is 544 g/mol. The van der Waals surface area contributed by atoms with Crippen LogP contribution in [0.25, 0.3) is 0 Å². The van der Waals surface area contributed by atoms with Crippen molar-refractivity contribution in [1.29, 1.82) is 0 Å². The molecule has 0 saturated carbocycles. The van der Waals surface area contributed by atoms with Gasteiger partial charge in [0.15, 0.2) is 0 Å². The van der Waals surface area contributed by atoms with Crippen LogP contribution in [0.4, 0.5) is 5.69 Å². The van der Waals surface area contributed by atoms with Crippen molar-refractivity contribution in [2.75, 3.05) is 13.6 Å². The van der Waals surface area contributed by atoms with E-state index in [0.717, 1.165) is 14.7 Å². The molecule has 1 amide bonds. The van der Waals surface area contributed by atoms with E-state index in [0.29, 0.717) is 40.1 Å². The lowest BCUT2D eigenvalue weighted by atomic mass is 10.0. The minimum atomic E-state index is -0.355. The summed E-state index contributed by atoms with van der Waals surface area (Å²) >= 11 is 14.4. The van der Waals surface area contributed by atoms with E-state index in [2.05, 4.69) is 27.9 Å². The Morgan fingerprint density at radius 3 is 2.29 bits per heavy atom. The number of likely N-dealkylation sites (N-methyl/N-ethyl adjacent to an activating group) is 1. The normalized spacial score (nSPS) is 15.9. The van der Waals surface area contributed by atoms with Gasteiger partial charge >= 0.3 is 0 Å². The first-order valence-corrected chi connectivity index (χ1v) is 11.7. The van der Waals surface area contributed by atoms with Gasteiger partial charge in [0.1, 0.15) is 11.9 Å². The lowest BCUT2D eigenvalue weighted by Gasteiger charge is -2.32. The number of hydrogen-bond acceptors (Lipinski definition) is 3. The van der Waals surface area contributed by atoms with Crippen LogP contribution in [0.1, 0.15) is 27.5 Å². The third kappa shape index (κ3) is 4.89. The topological polar surface area (TPSA) is 44.7 Å². The predicted molar refractivity (Wildman–Crippen MR) is 136 cm³/mol. The van der Waals surface area contributed by atoms with Gasteiger partial charge < -0.3 is 10.2 Å². The number of aliphatic imine (C=N–C) groups is 1. The van der Waals surface area contributed by atoms with Gasteiger partial charge in [0.05, 0.1) is 11.3 Å². The number of amides is 1. The second-order valence-electron chi connectivity index (χ2n) is 7.24. The summed E-state index contributed by atoms with van der Waals surface area (Å²) < 4.78 is 0.994. The maximum atomic E-state index is 13.8. The first-order chi connectivity index (χ1) is 15.0. The van der Waals surface area contributed by atoms with Crippen LogP contribution in [0.3, 0.4) is 0 Å². The largest absolute Gasteiger partial charge is 0.375 e. The molecule has 0 spiro atoms. The van der Waals surface area contributed by atoms with Crippen LogP contribution in [0.15, 0.2) is 71.7 Å². The van der Waals surface area contributed by atoms with E-state index in [1.165, 1.54) is 0 Å². The number of hydrogen-bond donors (Lipinski definition) is 1. The fourth-order valence-electron chi connectivity index (χ4n) is 3.69. The lowest BCUT2D eigenvalue weighted by Crippen LogP contribution is -2.42. The number of amidine groups is 1. The molecule has 0 bridgehead atoms. The Morgan fingerprint density at radius 2 is 1.65 bits per heavy atom. The molecule has 1 N–H and O–H groups in total. The zero-order valence-corrected chi connectivity index (χ0v) is 20.4. The van der Waals surface area contributed by atoms with Gasteiger partial charge in [0.25, 0.3) is 5.91 Å². The summed E-state index contributed by atoms with van der Waals surface area (Å²) in [6.45, 7) is 0.527. The highest BCUT2D eigenvalue weighted by Crippen LogP contribution is 2.34. The van der Waals surface area contributed by atoms with E-state index in [1.807, 2.05) is 78.7 Å². The molecule has 1 aliphatic rings. The van der Waals surface area contributed by atoms with Crippen molar-refractivity contribution in [3.8, 4) is 0 Å². The summed E-state index contributed by atoms with van der Waals surface area (Å²) in [4.78, 5) is 20.5. The van der Waals surface area contributed by atoms with E-state index in [1.54, 1.807) is 0 Å². The minimum Gasteiger partial charge on any atom is -0.375 e. The number of benzene rings is 3. The molecule has 0 radical (unpaired) electrons. The molecule has 1 aliphatic heterocycles. The summed E-state index contributed by atoms with van der Waals surface area (Å²) in [5.74, 6) is 0.670. The van der Waals surface area contributed by atoms with Gasteiger partial charge in [-0.1, -0.05) is 47.5 Å². The zero-order valence-electron chi connectivity index (χ0n) is 16.8. The SMILES string of the molecule is CNC1=Nc2ccc(I)cc2C(=O)N(CCc2ccc(Cl)cc2)[C@H]1c1ccc(Cl)cc1. The molecule has 0 unspecified atom stereocenters. The number of nitrogens with zero attached hydrogens (tertiary/aromatic N) is 2. The van der Waals surface area contributed by atoms with Crippen LogP contribution < -0.4 is 5.32 Å². The highest BCUT2D eigenvalue weighted by atomic mass is 127. The van der Waals surface area contributed by atoms with Gasteiger partial charge in [-0.05, 0) is 82.6 Å². The van der Waals surface area contributed by atoms with Crippen molar-refractivity contribution in [3.05, 3.63) is 97.0 Å². The second-order valence-corrected chi connectivity index (χ2v) is 9.36. The standard InChI is InChI=1S/C24H20Cl2IN3O/c1-28-23-22(16-4-8-18(26)9-5-16)30(13-12-15-2-6-17(25)7-3-15)24(31)20-14-19(27)10-11-21(20)29-23/h2-11,14,22H,12-13H2,1H3,(H,28,29)/t22-/m0/s1. The summed E-state index contributed by atoms with van der Waals surface area (Å²) in [6.07, 6.45) is 0.698. The molecular formula is C24H20Cl2IN3O. The smallest absolute Gasteiger partial charge is 0.256 e. The quantitative estimate of drug-likeness (QED) is 0.379. The first kappa shape index (κ1) is 22.1. The Balaban J connectivity index is 1.78. The van der Waals surface area contributed by atoms with E-state index in [4.69, 9.17) is 28.2 Å². The lowest BCUT2D eigenvalue weighted by molar-refractivity contribution is 0.0727. The minimum absolute atomic E-state index is 0.0450. The van der Waals surface area contributed by atoms with Crippen LogP contribution in [0.2, 0.25) is 10.0 Å². The van der Waals surface area contributed by atoms with Gasteiger partial charge in [-0.15, -0.1) is 0 Å². The Hall–Kier alpha value is -2.09. The molecule has 31 heavy (non-hydrogen) atoms. The van der Waals surface area contributed by atoms with Crippen molar-refractivity contribution in [1.82, 2.24) is 10.2 Å². The molecule has 7 heteroatoms. The number of carbonyl (C=O) groups is 1. The maximum absolute atomic E-state index is 13.8. The third-order valence-corrected chi connectivity index (χ3v) is 6.43. The van der Waals surface area contributed by atoms with Gasteiger partial charge in [0.2, 0.25) is 0 Å². The Bertz CT molecular complexity index is 1130. The second kappa shape index (κ2) is 9.59. The first-order valence-electron chi connectivity index (χ1n) is 9.83. The van der Waals surface area contributed by atoms with E-state index >= 15 is 0 Å². The third-order valence-electron chi connectivity index (χ3n) is 5.26. The average molecular weight is 564 g/mol. The number of halogens is 3. The van der Waals surface area contributed by atoms with Gasteiger partial charge in [-0.2, -0.15) is 0 Å². The van der Waals surface area contributed by atoms with Gasteiger partial charge in [-0.3, -0.25) is 4.79 Å². The molecule has 0 aliphatic carbocycles. The Morgan fingerprint density at radius 1 is 1.00 bits per heavy atom. The summed E-state index contributed by atoms with van der Waals surface area (Å²) in [6, 6.07) is 20.7. The highest BCUT2D eigenvalue weighted by Gasteiger charge is 2.34. The van der Waals surface area contributed by atoms with Gasteiger partial charge in [-0.25, -0.2) is 4.99 Å². The van der Waals surface area contributed by atoms with E-state index in [9.17, 15) is 4.79 Å². The number of nitrogens with one attached hydrogen (secondary N) is 1. The molecule has 1 atom stereocenters. The highest BCUT2D eigenvalue weighted by molar-refractivity contribution is 14.1. The molecule has 4 nitrogen and oxygen atoms in total. The molecule has 1 heterocycles. The van der Waals surface area contributed by atoms with Gasteiger partial charge in [0, 0.05) is 27.2 Å². The molecule has 158 valence electrons. The molecule has 4 rings (SSSR count). The molecule has 3 aromatic rings. The number of rotatable bonds is 4. The number of fused-ring (bicyclic) bond motifs is 1. The van der Waals surface area contributed by atoms with Crippen molar-refractivity contribution < 1.29 is 4.79 Å².